The van der Waals surface area contributed by atoms with Crippen molar-refractivity contribution in [2.75, 3.05) is 39.2 Å². The van der Waals surface area contributed by atoms with Crippen LogP contribution in [0.3, 0.4) is 0 Å². The molecule has 1 amide bonds. The molecule has 0 saturated carbocycles. The van der Waals surface area contributed by atoms with Crippen LogP contribution in [0.25, 0.3) is 21.9 Å². The van der Waals surface area contributed by atoms with Gasteiger partial charge in [-0.2, -0.15) is 5.10 Å². The van der Waals surface area contributed by atoms with Crippen molar-refractivity contribution in [1.29, 1.82) is 0 Å². The highest BCUT2D eigenvalue weighted by atomic mass is 16.5. The summed E-state index contributed by atoms with van der Waals surface area (Å²) in [6, 6.07) is 13.6. The number of fused-ring (bicyclic) bond motifs is 1. The monoisotopic (exact) mass is 515 g/mol. The summed E-state index contributed by atoms with van der Waals surface area (Å²) in [4.78, 5) is 19.2. The second kappa shape index (κ2) is 10.4. The molecule has 9 heteroatoms. The molecule has 3 heterocycles. The van der Waals surface area contributed by atoms with Crippen LogP contribution in [-0.2, 0) is 11.3 Å². The topological polar surface area (TPSA) is 102 Å². The number of methoxy groups -OCH3 is 2. The number of carbonyl (C=O) groups excluding carboxylic acids is 1. The van der Waals surface area contributed by atoms with E-state index in [1.165, 1.54) is 0 Å². The van der Waals surface area contributed by atoms with Gasteiger partial charge in [-0.25, -0.2) is 4.98 Å². The van der Waals surface area contributed by atoms with Crippen molar-refractivity contribution in [2.24, 2.45) is 5.92 Å². The first-order valence-electron chi connectivity index (χ1n) is 12.6. The number of pyridine rings is 1. The third-order valence-electron chi connectivity index (χ3n) is 6.60. The Morgan fingerprint density at radius 2 is 1.89 bits per heavy atom. The van der Waals surface area contributed by atoms with E-state index >= 15 is 0 Å². The molecule has 1 aliphatic heterocycles. The Bertz CT molecular complexity index is 1450. The lowest BCUT2D eigenvalue weighted by Gasteiger charge is -2.39. The number of anilines is 2. The number of benzene rings is 2. The third-order valence-corrected chi connectivity index (χ3v) is 6.60. The summed E-state index contributed by atoms with van der Waals surface area (Å²) in [7, 11) is 3.27. The third kappa shape index (κ3) is 5.64. The molecule has 0 unspecified atom stereocenters. The first kappa shape index (κ1) is 25.7. The van der Waals surface area contributed by atoms with Crippen LogP contribution in [0, 0.1) is 5.92 Å². The van der Waals surface area contributed by atoms with Crippen LogP contribution in [0.1, 0.15) is 24.2 Å². The van der Waals surface area contributed by atoms with E-state index in [2.05, 4.69) is 21.5 Å². The number of nitrogens with one attached hydrogen (secondary N) is 1. The molecule has 0 spiro atoms. The van der Waals surface area contributed by atoms with E-state index in [-0.39, 0.29) is 5.91 Å². The van der Waals surface area contributed by atoms with Crippen molar-refractivity contribution in [3.63, 3.8) is 0 Å². The van der Waals surface area contributed by atoms with E-state index in [9.17, 15) is 9.90 Å². The smallest absolute Gasteiger partial charge is 0.254 e. The van der Waals surface area contributed by atoms with Gasteiger partial charge < -0.3 is 24.8 Å². The standard InChI is InChI=1S/C29H33N5O4/c1-29(2,36)18-34-16-24(13-31-34)20-5-6-22-12-30-27(11-23(22)9-20)32-25-8-7-21(10-26(25)38-4)28(35)33-14-19(15-33)17-37-3/h5-13,16,19,36H,14-15,17-18H2,1-4H3,(H,30,32). The molecule has 38 heavy (non-hydrogen) atoms. The van der Waals surface area contributed by atoms with E-state index in [1.807, 2.05) is 41.6 Å². The number of hydrogen-bond donors (Lipinski definition) is 2. The van der Waals surface area contributed by atoms with E-state index in [1.54, 1.807) is 51.1 Å². The molecule has 0 bridgehead atoms. The van der Waals surface area contributed by atoms with Crippen molar-refractivity contribution in [2.45, 2.75) is 26.0 Å². The summed E-state index contributed by atoms with van der Waals surface area (Å²) in [6.07, 6.45) is 5.56. The molecule has 4 aromatic rings. The zero-order valence-electron chi connectivity index (χ0n) is 22.1. The number of carbonyl (C=O) groups is 1. The summed E-state index contributed by atoms with van der Waals surface area (Å²) < 4.78 is 12.5. The van der Waals surface area contributed by atoms with Gasteiger partial charge in [-0.05, 0) is 55.1 Å². The number of likely N-dealkylation sites (tertiary alicyclic amines) is 1. The highest BCUT2D eigenvalue weighted by Crippen LogP contribution is 2.31. The number of aliphatic hydroxyl groups is 1. The number of nitrogens with zero attached hydrogens (tertiary/aromatic N) is 4. The molecule has 198 valence electrons. The van der Waals surface area contributed by atoms with Gasteiger partial charge in [0.2, 0.25) is 0 Å². The molecule has 9 nitrogen and oxygen atoms in total. The highest BCUT2D eigenvalue weighted by Gasteiger charge is 2.31. The van der Waals surface area contributed by atoms with Gasteiger partial charge in [-0.1, -0.05) is 12.1 Å². The Kier molecular flexibility index (Phi) is 7.05. The summed E-state index contributed by atoms with van der Waals surface area (Å²) in [5, 5.41) is 19.8. The normalized spacial score (nSPS) is 14.0. The lowest BCUT2D eigenvalue weighted by atomic mass is 9.99. The molecule has 1 fully saturated rings. The highest BCUT2D eigenvalue weighted by molar-refractivity contribution is 5.96. The minimum absolute atomic E-state index is 0.00978. The number of ether oxygens (including phenoxy) is 2. The summed E-state index contributed by atoms with van der Waals surface area (Å²) >= 11 is 0. The van der Waals surface area contributed by atoms with E-state index in [0.717, 1.165) is 27.6 Å². The molecule has 2 aromatic heterocycles. The first-order chi connectivity index (χ1) is 18.2. The molecule has 2 N–H and O–H groups in total. The van der Waals surface area contributed by atoms with Gasteiger partial charge in [0.15, 0.2) is 0 Å². The van der Waals surface area contributed by atoms with Gasteiger partial charge in [0.1, 0.15) is 11.6 Å². The Morgan fingerprint density at radius 1 is 1.08 bits per heavy atom. The Labute approximate surface area is 222 Å². The summed E-state index contributed by atoms with van der Waals surface area (Å²) in [6.45, 7) is 6.02. The Balaban J connectivity index is 1.33. The summed E-state index contributed by atoms with van der Waals surface area (Å²) in [5.41, 5.74) is 2.47. The lowest BCUT2D eigenvalue weighted by molar-refractivity contribution is 0.0270. The van der Waals surface area contributed by atoms with Crippen molar-refractivity contribution < 1.29 is 19.4 Å². The van der Waals surface area contributed by atoms with Crippen LogP contribution in [0.15, 0.2) is 61.1 Å². The van der Waals surface area contributed by atoms with Crippen molar-refractivity contribution >= 4 is 28.2 Å². The molecule has 1 aliphatic rings. The molecular weight excluding hydrogens is 482 g/mol. The van der Waals surface area contributed by atoms with Crippen LogP contribution in [0.4, 0.5) is 11.5 Å². The van der Waals surface area contributed by atoms with Crippen molar-refractivity contribution in [1.82, 2.24) is 19.7 Å². The Hall–Kier alpha value is -3.95. The molecule has 0 atom stereocenters. The van der Waals surface area contributed by atoms with Crippen LogP contribution >= 0.6 is 0 Å². The van der Waals surface area contributed by atoms with E-state index in [0.29, 0.717) is 49.3 Å². The molecule has 5 rings (SSSR count). The molecule has 0 aliphatic carbocycles. The largest absolute Gasteiger partial charge is 0.495 e. The van der Waals surface area contributed by atoms with E-state index < -0.39 is 5.60 Å². The van der Waals surface area contributed by atoms with Gasteiger partial charge in [0, 0.05) is 55.0 Å². The van der Waals surface area contributed by atoms with Gasteiger partial charge >= 0.3 is 0 Å². The van der Waals surface area contributed by atoms with Gasteiger partial charge in [0.05, 0.1) is 37.7 Å². The fraction of sp³-hybridized carbons (Fsp3) is 0.345. The zero-order chi connectivity index (χ0) is 26.9. The van der Waals surface area contributed by atoms with Gasteiger partial charge in [-0.3, -0.25) is 9.48 Å². The maximum absolute atomic E-state index is 12.9. The SMILES string of the molecule is COCC1CN(C(=O)c2ccc(Nc3cc4cc(-c5cnn(CC(C)(C)O)c5)ccc4cn3)c(OC)c2)C1. The second-order valence-electron chi connectivity index (χ2n) is 10.4. The zero-order valence-corrected chi connectivity index (χ0v) is 22.1. The minimum atomic E-state index is -0.840. The first-order valence-corrected chi connectivity index (χ1v) is 12.6. The number of amides is 1. The van der Waals surface area contributed by atoms with Crippen LogP contribution in [-0.4, -0.2) is 70.2 Å². The minimum Gasteiger partial charge on any atom is -0.495 e. The average molecular weight is 516 g/mol. The quantitative estimate of drug-likeness (QED) is 0.342. The Morgan fingerprint density at radius 3 is 2.63 bits per heavy atom. The molecule has 1 saturated heterocycles. The average Bonchev–Trinajstić information content (AvgIpc) is 3.32. The maximum atomic E-state index is 12.9. The predicted octanol–water partition coefficient (Wildman–Crippen LogP) is 4.34. The second-order valence-corrected chi connectivity index (χ2v) is 10.4. The number of aromatic nitrogens is 3. The fourth-order valence-electron chi connectivity index (χ4n) is 4.71. The predicted molar refractivity (Wildman–Crippen MR) is 147 cm³/mol. The van der Waals surface area contributed by atoms with Crippen LogP contribution < -0.4 is 10.1 Å². The molecule has 0 radical (unpaired) electrons. The number of hydrogen-bond acceptors (Lipinski definition) is 7. The van der Waals surface area contributed by atoms with Crippen molar-refractivity contribution in [3.05, 3.63) is 66.6 Å². The molecular formula is C29H33N5O4. The van der Waals surface area contributed by atoms with Crippen LogP contribution in [0.2, 0.25) is 0 Å². The van der Waals surface area contributed by atoms with Gasteiger partial charge in [-0.15, -0.1) is 0 Å². The number of rotatable bonds is 9. The van der Waals surface area contributed by atoms with Crippen LogP contribution in [0.5, 0.6) is 5.75 Å². The maximum Gasteiger partial charge on any atom is 0.254 e. The van der Waals surface area contributed by atoms with E-state index in [4.69, 9.17) is 9.47 Å². The lowest BCUT2D eigenvalue weighted by Crippen LogP contribution is -2.51. The molecule has 2 aromatic carbocycles. The van der Waals surface area contributed by atoms with Gasteiger partial charge in [0.25, 0.3) is 5.91 Å². The fourth-order valence-corrected chi connectivity index (χ4v) is 4.71. The van der Waals surface area contributed by atoms with Crippen molar-refractivity contribution in [3.8, 4) is 16.9 Å². The summed E-state index contributed by atoms with van der Waals surface area (Å²) in [5.74, 6) is 1.62.